The lowest BCUT2D eigenvalue weighted by atomic mass is 10.0. The highest BCUT2D eigenvalue weighted by Gasteiger charge is 2.28. The van der Waals surface area contributed by atoms with Crippen LogP contribution in [0.3, 0.4) is 0 Å². The third-order valence-corrected chi connectivity index (χ3v) is 3.61. The van der Waals surface area contributed by atoms with Gasteiger partial charge in [-0.2, -0.15) is 0 Å². The van der Waals surface area contributed by atoms with Crippen molar-refractivity contribution < 1.29 is 18.7 Å². The second kappa shape index (κ2) is 5.65. The van der Waals surface area contributed by atoms with Crippen molar-refractivity contribution in [2.45, 2.75) is 19.3 Å². The van der Waals surface area contributed by atoms with Gasteiger partial charge in [0.05, 0.1) is 5.92 Å². The van der Waals surface area contributed by atoms with Crippen molar-refractivity contribution in [3.05, 3.63) is 35.4 Å². The van der Waals surface area contributed by atoms with E-state index in [1.54, 1.807) is 0 Å². The summed E-state index contributed by atoms with van der Waals surface area (Å²) in [5.41, 5.74) is 0.608. The number of aliphatic carboxylic acids is 1. The van der Waals surface area contributed by atoms with E-state index < -0.39 is 17.6 Å². The number of halogens is 2. The molecule has 1 fully saturated rings. The van der Waals surface area contributed by atoms with Crippen molar-refractivity contribution in [2.24, 2.45) is 5.92 Å². The number of benzene rings is 1. The molecule has 1 aromatic rings. The number of hydrogen-bond donors (Lipinski definition) is 1. The van der Waals surface area contributed by atoms with E-state index in [0.29, 0.717) is 25.1 Å². The maximum absolute atomic E-state index is 13.1. The molecule has 0 spiro atoms. The Bertz CT molecular complexity index is 458. The number of hydrogen-bond acceptors (Lipinski definition) is 2. The van der Waals surface area contributed by atoms with Crippen LogP contribution in [0.2, 0.25) is 0 Å². The van der Waals surface area contributed by atoms with Gasteiger partial charge in [-0.1, -0.05) is 6.92 Å². The SMILES string of the molecule is CC(CN1CCC(C(=O)O)C1)c1cc(F)cc(F)c1. The fraction of sp³-hybridized carbons (Fsp3) is 0.500. The smallest absolute Gasteiger partial charge is 0.307 e. The van der Waals surface area contributed by atoms with Crippen molar-refractivity contribution in [2.75, 3.05) is 19.6 Å². The summed E-state index contributed by atoms with van der Waals surface area (Å²) in [6.07, 6.45) is 0.638. The van der Waals surface area contributed by atoms with Gasteiger partial charge in [-0.3, -0.25) is 4.79 Å². The molecule has 104 valence electrons. The van der Waals surface area contributed by atoms with Crippen LogP contribution in [0.5, 0.6) is 0 Å². The topological polar surface area (TPSA) is 40.5 Å². The lowest BCUT2D eigenvalue weighted by Gasteiger charge is -2.21. The third-order valence-electron chi connectivity index (χ3n) is 3.61. The first-order chi connectivity index (χ1) is 8.95. The van der Waals surface area contributed by atoms with Gasteiger partial charge < -0.3 is 10.0 Å². The second-order valence-corrected chi connectivity index (χ2v) is 5.19. The Labute approximate surface area is 110 Å². The molecule has 1 aliphatic heterocycles. The standard InChI is InChI=1S/C14H17F2NO2/c1-9(11-4-12(15)6-13(16)5-11)7-17-3-2-10(8-17)14(18)19/h4-6,9-10H,2-3,7-8H2,1H3,(H,18,19). The minimum atomic E-state index is -0.771. The molecule has 1 aliphatic rings. The molecule has 1 heterocycles. The monoisotopic (exact) mass is 269 g/mol. The fourth-order valence-corrected chi connectivity index (χ4v) is 2.55. The first-order valence-electron chi connectivity index (χ1n) is 6.37. The van der Waals surface area contributed by atoms with Gasteiger partial charge in [0.2, 0.25) is 0 Å². The molecule has 0 bridgehead atoms. The molecule has 0 aromatic heterocycles. The average molecular weight is 269 g/mol. The zero-order chi connectivity index (χ0) is 14.0. The van der Waals surface area contributed by atoms with Crippen molar-refractivity contribution in [1.29, 1.82) is 0 Å². The van der Waals surface area contributed by atoms with Gasteiger partial charge in [-0.15, -0.1) is 0 Å². The van der Waals surface area contributed by atoms with Gasteiger partial charge in [0.25, 0.3) is 0 Å². The average Bonchev–Trinajstić information content (AvgIpc) is 2.76. The third kappa shape index (κ3) is 3.50. The van der Waals surface area contributed by atoms with E-state index in [0.717, 1.165) is 12.6 Å². The molecule has 2 unspecified atom stereocenters. The molecule has 1 aromatic carbocycles. The van der Waals surface area contributed by atoms with E-state index >= 15 is 0 Å². The Hall–Kier alpha value is -1.49. The molecule has 5 heteroatoms. The van der Waals surface area contributed by atoms with E-state index in [1.165, 1.54) is 12.1 Å². The zero-order valence-corrected chi connectivity index (χ0v) is 10.8. The van der Waals surface area contributed by atoms with Crippen molar-refractivity contribution in [3.63, 3.8) is 0 Å². The summed E-state index contributed by atoms with van der Waals surface area (Å²) in [5, 5.41) is 8.93. The summed E-state index contributed by atoms with van der Waals surface area (Å²) in [6.45, 7) is 3.74. The number of carboxylic acid groups (broad SMARTS) is 1. The highest BCUT2D eigenvalue weighted by Crippen LogP contribution is 2.23. The molecule has 0 saturated carbocycles. The maximum atomic E-state index is 13.1. The summed E-state index contributed by atoms with van der Waals surface area (Å²) >= 11 is 0. The van der Waals surface area contributed by atoms with Gasteiger partial charge in [0.15, 0.2) is 0 Å². The first-order valence-corrected chi connectivity index (χ1v) is 6.37. The number of carbonyl (C=O) groups is 1. The van der Waals surface area contributed by atoms with Crippen LogP contribution in [0.15, 0.2) is 18.2 Å². The highest BCUT2D eigenvalue weighted by molar-refractivity contribution is 5.70. The Balaban J connectivity index is 1.98. The van der Waals surface area contributed by atoms with Crippen molar-refractivity contribution in [1.82, 2.24) is 4.90 Å². The van der Waals surface area contributed by atoms with Crippen LogP contribution in [0.25, 0.3) is 0 Å². The normalized spacial score (nSPS) is 21.5. The first kappa shape index (κ1) is 13.9. The molecule has 2 atom stereocenters. The number of rotatable bonds is 4. The highest BCUT2D eigenvalue weighted by atomic mass is 19.1. The molecular weight excluding hydrogens is 252 g/mol. The molecular formula is C14H17F2NO2. The Morgan fingerprint density at radius 2 is 2.05 bits per heavy atom. The van der Waals surface area contributed by atoms with Gasteiger partial charge in [0.1, 0.15) is 11.6 Å². The Kier molecular flexibility index (Phi) is 4.14. The zero-order valence-electron chi connectivity index (χ0n) is 10.8. The maximum Gasteiger partial charge on any atom is 0.307 e. The van der Waals surface area contributed by atoms with Gasteiger partial charge in [-0.05, 0) is 36.6 Å². The molecule has 1 N–H and O–H groups in total. The Morgan fingerprint density at radius 1 is 1.42 bits per heavy atom. The largest absolute Gasteiger partial charge is 0.481 e. The van der Waals surface area contributed by atoms with Crippen LogP contribution < -0.4 is 0 Å². The van der Waals surface area contributed by atoms with E-state index in [4.69, 9.17) is 5.11 Å². The van der Waals surface area contributed by atoms with Crippen molar-refractivity contribution >= 4 is 5.97 Å². The van der Waals surface area contributed by atoms with Gasteiger partial charge in [-0.25, -0.2) is 8.78 Å². The summed E-state index contributed by atoms with van der Waals surface area (Å²) in [4.78, 5) is 12.9. The van der Waals surface area contributed by atoms with Crippen LogP contribution in [-0.4, -0.2) is 35.6 Å². The summed E-state index contributed by atoms with van der Waals surface area (Å²) < 4.78 is 26.3. The van der Waals surface area contributed by atoms with Gasteiger partial charge in [0, 0.05) is 19.2 Å². The van der Waals surface area contributed by atoms with Crippen LogP contribution >= 0.6 is 0 Å². The summed E-state index contributed by atoms with van der Waals surface area (Å²) in [6, 6.07) is 3.52. The minimum absolute atomic E-state index is 0.0299. The van der Waals surface area contributed by atoms with Crippen LogP contribution in [-0.2, 0) is 4.79 Å². The molecule has 0 aliphatic carbocycles. The van der Waals surface area contributed by atoms with E-state index in [2.05, 4.69) is 0 Å². The van der Waals surface area contributed by atoms with E-state index in [-0.39, 0.29) is 11.8 Å². The summed E-state index contributed by atoms with van der Waals surface area (Å²) in [5.74, 6) is -2.28. The number of likely N-dealkylation sites (tertiary alicyclic amines) is 1. The lowest BCUT2D eigenvalue weighted by Crippen LogP contribution is -2.27. The second-order valence-electron chi connectivity index (χ2n) is 5.19. The van der Waals surface area contributed by atoms with Crippen LogP contribution in [0, 0.1) is 17.6 Å². The Morgan fingerprint density at radius 3 is 2.58 bits per heavy atom. The predicted octanol–water partition coefficient (Wildman–Crippen LogP) is 2.47. The van der Waals surface area contributed by atoms with E-state index in [1.807, 2.05) is 11.8 Å². The summed E-state index contributed by atoms with van der Waals surface area (Å²) in [7, 11) is 0. The lowest BCUT2D eigenvalue weighted by molar-refractivity contribution is -0.141. The fourth-order valence-electron chi connectivity index (χ4n) is 2.55. The van der Waals surface area contributed by atoms with Crippen LogP contribution in [0.4, 0.5) is 8.78 Å². The van der Waals surface area contributed by atoms with Crippen LogP contribution in [0.1, 0.15) is 24.8 Å². The van der Waals surface area contributed by atoms with E-state index in [9.17, 15) is 13.6 Å². The van der Waals surface area contributed by atoms with Crippen molar-refractivity contribution in [3.8, 4) is 0 Å². The van der Waals surface area contributed by atoms with Gasteiger partial charge >= 0.3 is 5.97 Å². The molecule has 2 rings (SSSR count). The predicted molar refractivity (Wildman–Crippen MR) is 67.0 cm³/mol. The molecule has 3 nitrogen and oxygen atoms in total. The molecule has 1 saturated heterocycles. The number of carboxylic acids is 1. The quantitative estimate of drug-likeness (QED) is 0.913. The molecule has 19 heavy (non-hydrogen) atoms. The molecule has 0 radical (unpaired) electrons. The molecule has 0 amide bonds. The number of nitrogens with zero attached hydrogens (tertiary/aromatic N) is 1. The minimum Gasteiger partial charge on any atom is -0.481 e.